The highest BCUT2D eigenvalue weighted by Crippen LogP contribution is 2.31. The number of amides is 3. The SMILES string of the molecule is CC(C)(C)C(N)C(=O)O.CC(C)(CC(=O)O)C(N)C(=O)O.CC(C)(CC(N)=O)C(N)C(=O)O.CC(C)(CCC(=O)O)C(N)C(=O)O.CC(C)(CCC(N)=O)C(N)C(=O)O.CC(C)(CCCN=C(N)N)C(N)C(=O)O.CC(C)(CS)C(N)C(=O)O.CC(C)(Cc1cnc[nH]1)C(N)C(=O)O.CC(C)C(N)C(=O)O.CCC(N[C@H](C=O)CCC(N)=O)C(C)(C)C(N)C(=O)O. The standard InChI is InChI=1S/C13H25N3O4.C9H20N4O2.C9H15N3O2.C8H16N2O3.C8H15NO4.C7H14N2O3.C7H13NO4.C6H13NO2S.C6H13NO2.C5H11NO2/c1-4-9(13(2,3)11(15)12(19)20)16-8(7-17)5-6-10(14)18;1-9(2,6(10)7(14)15)4-3-5-13-8(11)12;1-9(2,7(10)8(13)14)3-6-4-11-5-12-6;1-8(2,4-3-5(9)11)6(10)7(12)13;1-8(2,4-3-5(10)11)6(9)7(12)13;1-7(2,3-4(8)10)5(9)6(11)12;1-7(2,3-4(9)10)5(8)6(11)12;1-6(2,3-10)4(7)5(8)9;1-6(2,3)4(7)5(8)9;1-3(2)4(6)5(7)8/h7-9,11,16H,4-6,15H2,1-3H3,(H2,14,18)(H,19,20);6H,3-5,10H2,1-2H3,(H,14,15)(H4,11,12,13);4-5,7H,3,10H2,1-2H3,(H,11,12)(H,13,14);6H,3-4,10H2,1-2H3,(H2,9,11)(H,12,13);6H,3-4,9H2,1-2H3,(H,10,11)(H,12,13);5H,3,9H2,1-2H3,(H2,8,10)(H,11,12);5H,3,8H2,1-2H3,(H,9,10)(H,11,12);4,10H,3,7H2,1-2H3,(H,8,9);4H,7H2,1-3H3,(H,8,9);3-4H,6H2,1-2H3,(H,7,8)/t8-,9?,11?;;;;;;;;;/m0........./s1. The third-order valence-electron chi connectivity index (χ3n) is 19.7. The zero-order chi connectivity index (χ0) is 103. The molecule has 0 aromatic carbocycles. The van der Waals surface area contributed by atoms with Crippen LogP contribution < -0.4 is 91.3 Å². The molecule has 3 amide bonds. The number of nitrogens with zero attached hydrogens (tertiary/aromatic N) is 2. The minimum Gasteiger partial charge on any atom is -0.481 e. The average molecular weight is 1840 g/mol. The molecule has 1 heterocycles. The number of aliphatic imine (C=N–C) groups is 1. The summed E-state index contributed by atoms with van der Waals surface area (Å²) in [6, 6.07) is -10.1. The lowest BCUT2D eigenvalue weighted by Gasteiger charge is -2.38. The molecule has 0 spiro atoms. The Morgan fingerprint density at radius 3 is 0.992 bits per heavy atom. The van der Waals surface area contributed by atoms with Crippen LogP contribution in [0.5, 0.6) is 0 Å². The Balaban J connectivity index is -0.000000174. The highest BCUT2D eigenvalue weighted by molar-refractivity contribution is 7.80. The van der Waals surface area contributed by atoms with Crippen molar-refractivity contribution in [3.63, 3.8) is 0 Å². The van der Waals surface area contributed by atoms with Crippen LogP contribution in [0.2, 0.25) is 0 Å². The molecule has 0 saturated carbocycles. The molecule has 0 aliphatic heterocycles. The highest BCUT2D eigenvalue weighted by Gasteiger charge is 2.41. The van der Waals surface area contributed by atoms with Crippen molar-refractivity contribution < 1.29 is 138 Å². The number of imidazole rings is 1. The number of carboxylic acid groups (broad SMARTS) is 12. The Labute approximate surface area is 742 Å². The van der Waals surface area contributed by atoms with Gasteiger partial charge in [-0.25, -0.2) is 4.98 Å². The number of aromatic nitrogens is 2. The summed E-state index contributed by atoms with van der Waals surface area (Å²) in [5.74, 6) is -13.3. The first-order valence-electron chi connectivity index (χ1n) is 39.2. The van der Waals surface area contributed by atoms with E-state index in [-0.39, 0.29) is 68.3 Å². The number of carboxylic acids is 12. The first-order valence-corrected chi connectivity index (χ1v) is 39.9. The molecule has 1 aromatic rings. The van der Waals surface area contributed by atoms with Gasteiger partial charge in [-0.15, -0.1) is 0 Å². The molecule has 0 radical (unpaired) electrons. The van der Waals surface area contributed by atoms with Crippen LogP contribution in [-0.4, -0.2) is 258 Å². The second-order valence-electron chi connectivity index (χ2n) is 36.3. The maximum absolute atomic E-state index is 11.1. The van der Waals surface area contributed by atoms with Gasteiger partial charge in [0.1, 0.15) is 66.7 Å². The number of hydrogen-bond donors (Lipinski definition) is 30. The summed E-state index contributed by atoms with van der Waals surface area (Å²) >= 11 is 3.99. The number of H-pyrrole nitrogens is 1. The number of thiol groups is 1. The second-order valence-corrected chi connectivity index (χ2v) is 36.6. The summed E-state index contributed by atoms with van der Waals surface area (Å²) in [4.78, 5) is 179. The fourth-order valence-electron chi connectivity index (χ4n) is 9.36. The van der Waals surface area contributed by atoms with Crippen molar-refractivity contribution in [3.05, 3.63) is 18.2 Å². The highest BCUT2D eigenvalue weighted by atomic mass is 32.1. The predicted octanol–water partition coefficient (Wildman–Crippen LogP) is -0.474. The molecule has 0 aliphatic rings. The first kappa shape index (κ1) is 134. The largest absolute Gasteiger partial charge is 0.481 e. The van der Waals surface area contributed by atoms with Crippen molar-refractivity contribution in [1.82, 2.24) is 15.3 Å². The van der Waals surface area contributed by atoms with Gasteiger partial charge in [0.25, 0.3) is 0 Å². The molecular formula is C78H155N19O28S. The molecule has 126 heavy (non-hydrogen) atoms. The van der Waals surface area contributed by atoms with Crippen LogP contribution in [0.25, 0.3) is 0 Å². The molecule has 48 heteroatoms. The van der Waals surface area contributed by atoms with Crippen LogP contribution in [0.15, 0.2) is 17.5 Å². The second kappa shape index (κ2) is 62.3. The summed E-state index contributed by atoms with van der Waals surface area (Å²) in [5.41, 5.74) is 74.7. The van der Waals surface area contributed by atoms with Crippen LogP contribution in [0.1, 0.15) is 229 Å². The maximum atomic E-state index is 11.1. The molecule has 1 rings (SSSR count). The van der Waals surface area contributed by atoms with Crippen LogP contribution >= 0.6 is 12.6 Å². The number of nitrogens with two attached hydrogens (primary N) is 15. The van der Waals surface area contributed by atoms with E-state index >= 15 is 0 Å². The van der Waals surface area contributed by atoms with Crippen LogP contribution in [0, 0.1) is 54.7 Å². The maximum Gasteiger partial charge on any atom is 0.321 e. The van der Waals surface area contributed by atoms with Crippen molar-refractivity contribution in [2.75, 3.05) is 12.3 Å². The number of hydrogen-bond acceptors (Lipinski definition) is 30. The van der Waals surface area contributed by atoms with Gasteiger partial charge in [-0.3, -0.25) is 76.9 Å². The lowest BCUT2D eigenvalue weighted by atomic mass is 9.76. The number of aromatic amines is 1. The van der Waals surface area contributed by atoms with Gasteiger partial charge in [-0.05, 0) is 94.5 Å². The van der Waals surface area contributed by atoms with E-state index in [2.05, 4.69) is 32.9 Å². The van der Waals surface area contributed by atoms with Gasteiger partial charge in [-0.2, -0.15) is 12.6 Å². The Morgan fingerprint density at radius 2 is 0.754 bits per heavy atom. The number of aliphatic carboxylic acids is 12. The third-order valence-corrected chi connectivity index (χ3v) is 20.5. The van der Waals surface area contributed by atoms with Crippen molar-refractivity contribution in [2.24, 2.45) is 146 Å². The molecule has 0 fully saturated rings. The summed E-state index contributed by atoms with van der Waals surface area (Å²) in [5, 5.41) is 106. The van der Waals surface area contributed by atoms with Crippen molar-refractivity contribution in [3.8, 4) is 0 Å². The summed E-state index contributed by atoms with van der Waals surface area (Å²) < 4.78 is 0. The number of carbonyl (C=O) groups is 16. The van der Waals surface area contributed by atoms with Gasteiger partial charge in [0.05, 0.1) is 18.8 Å². The van der Waals surface area contributed by atoms with E-state index in [9.17, 15) is 76.7 Å². The summed E-state index contributed by atoms with van der Waals surface area (Å²) in [6.45, 7) is 38.6. The lowest BCUT2D eigenvalue weighted by molar-refractivity contribution is -0.146. The Morgan fingerprint density at radius 1 is 0.429 bits per heavy atom. The third kappa shape index (κ3) is 63.1. The predicted molar refractivity (Wildman–Crippen MR) is 474 cm³/mol. The lowest BCUT2D eigenvalue weighted by Crippen LogP contribution is -2.57. The van der Waals surface area contributed by atoms with Gasteiger partial charge < -0.3 is 162 Å². The number of nitrogens with one attached hydrogen (secondary N) is 2. The quantitative estimate of drug-likeness (QED) is 0.0129. The summed E-state index contributed by atoms with van der Waals surface area (Å²) in [7, 11) is 0. The molecule has 0 saturated heterocycles. The zero-order valence-electron chi connectivity index (χ0n) is 77.0. The van der Waals surface area contributed by atoms with Gasteiger partial charge in [0.15, 0.2) is 5.96 Å². The molecular weight excluding hydrogens is 1680 g/mol. The van der Waals surface area contributed by atoms with Crippen LogP contribution in [0.3, 0.4) is 0 Å². The molecule has 736 valence electrons. The van der Waals surface area contributed by atoms with E-state index in [1.807, 2.05) is 34.6 Å². The number of aldehydes is 1. The van der Waals surface area contributed by atoms with E-state index in [0.717, 1.165) is 5.69 Å². The Bertz CT molecular complexity index is 3460. The van der Waals surface area contributed by atoms with Crippen LogP contribution in [0.4, 0.5) is 0 Å². The fraction of sp³-hybridized carbons (Fsp3) is 0.744. The minimum atomic E-state index is -1.18. The van der Waals surface area contributed by atoms with Crippen molar-refractivity contribution in [2.45, 2.75) is 302 Å². The Kier molecular flexibility index (Phi) is 66.3. The molecule has 1 aromatic heterocycles. The monoisotopic (exact) mass is 1840 g/mol. The topological polar surface area (TPSA) is 959 Å². The van der Waals surface area contributed by atoms with E-state index in [0.29, 0.717) is 50.7 Å². The molecule has 44 N–H and O–H groups in total. The first-order chi connectivity index (χ1) is 56.3. The van der Waals surface area contributed by atoms with Gasteiger partial charge in [0.2, 0.25) is 17.7 Å². The smallest absolute Gasteiger partial charge is 0.321 e. The number of primary amides is 3. The zero-order valence-corrected chi connectivity index (χ0v) is 77.9. The normalized spacial score (nSPS) is 14.3. The molecule has 0 bridgehead atoms. The number of rotatable bonds is 44. The minimum absolute atomic E-state index is 0.0208. The van der Waals surface area contributed by atoms with E-state index in [4.69, 9.17) is 147 Å². The van der Waals surface area contributed by atoms with Crippen molar-refractivity contribution >= 4 is 114 Å². The molecule has 12 atom stereocenters. The molecule has 0 aliphatic carbocycles. The van der Waals surface area contributed by atoms with E-state index < -0.39 is 199 Å². The van der Waals surface area contributed by atoms with Gasteiger partial charge >= 0.3 is 71.6 Å². The average Bonchev–Trinajstić information content (AvgIpc) is 0.938. The van der Waals surface area contributed by atoms with E-state index in [1.54, 1.807) is 116 Å². The van der Waals surface area contributed by atoms with Gasteiger partial charge in [0, 0.05) is 61.0 Å². The fourth-order valence-corrected chi connectivity index (χ4v) is 9.56. The van der Waals surface area contributed by atoms with Gasteiger partial charge in [-0.1, -0.05) is 152 Å². The van der Waals surface area contributed by atoms with E-state index in [1.165, 1.54) is 13.8 Å². The van der Waals surface area contributed by atoms with Crippen molar-refractivity contribution in [1.29, 1.82) is 0 Å². The molecule has 11 unspecified atom stereocenters. The van der Waals surface area contributed by atoms with Crippen LogP contribution in [-0.2, 0) is 83.1 Å². The molecule has 47 nitrogen and oxygen atoms in total. The number of guanidine groups is 1. The Hall–Kier alpha value is -9.89. The number of carbonyl (C=O) groups excluding carboxylic acids is 4. The summed E-state index contributed by atoms with van der Waals surface area (Å²) in [6.07, 6.45) is 7.35.